The Hall–Kier alpha value is -0.420. The highest BCUT2D eigenvalue weighted by atomic mass is 35.5. The molecule has 3 atom stereocenters. The van der Waals surface area contributed by atoms with Gasteiger partial charge in [0.25, 0.3) is 0 Å². The number of fused-ring (bicyclic) bond motifs is 3. The Morgan fingerprint density at radius 1 is 1.53 bits per heavy atom. The molecule has 104 valence electrons. The molecule has 1 aromatic rings. The lowest BCUT2D eigenvalue weighted by molar-refractivity contribution is 0.0756. The summed E-state index contributed by atoms with van der Waals surface area (Å²) >= 11 is 5.35. The zero-order valence-electron chi connectivity index (χ0n) is 11.0. The molecular formula is C14H18ClNO2S. The number of anilines is 1. The van der Waals surface area contributed by atoms with E-state index in [9.17, 15) is 4.55 Å². The van der Waals surface area contributed by atoms with Crippen molar-refractivity contribution in [2.45, 2.75) is 12.5 Å². The third kappa shape index (κ3) is 2.72. The van der Waals surface area contributed by atoms with Crippen molar-refractivity contribution in [3.63, 3.8) is 0 Å². The Balaban J connectivity index is 1.94. The second kappa shape index (κ2) is 5.52. The molecule has 0 saturated carbocycles. The number of benzene rings is 1. The van der Waals surface area contributed by atoms with Crippen LogP contribution in [-0.4, -0.2) is 42.4 Å². The highest BCUT2D eigenvalue weighted by Crippen LogP contribution is 2.37. The fourth-order valence-corrected chi connectivity index (χ4v) is 4.29. The van der Waals surface area contributed by atoms with Crippen molar-refractivity contribution in [1.29, 1.82) is 0 Å². The minimum atomic E-state index is -0.768. The summed E-state index contributed by atoms with van der Waals surface area (Å²) in [6.45, 7) is 2.38. The summed E-state index contributed by atoms with van der Waals surface area (Å²) in [5.41, 5.74) is 2.55. The summed E-state index contributed by atoms with van der Waals surface area (Å²) in [6, 6.07) is 6.44. The molecule has 0 radical (unpaired) electrons. The number of nitrogens with zero attached hydrogens (tertiary/aromatic N) is 1. The van der Waals surface area contributed by atoms with Crippen molar-refractivity contribution in [3.05, 3.63) is 28.8 Å². The lowest BCUT2D eigenvalue weighted by atomic mass is 9.86. The maximum Gasteiger partial charge on any atom is 0.110 e. The van der Waals surface area contributed by atoms with E-state index < -0.39 is 11.2 Å². The highest BCUT2D eigenvalue weighted by Gasteiger charge is 2.38. The Morgan fingerprint density at radius 2 is 2.37 bits per heavy atom. The molecule has 3 rings (SSSR count). The standard InChI is InChI=1S/C14H18ClNO2S/c1-19(17)9-11-6-10-2-3-12(15)7-13(10)16-4-5-18-8-14(11)16/h2-3,7,11,14H,4-6,8-9H2,1H3. The second-order valence-corrected chi connectivity index (χ2v) is 7.23. The Kier molecular flexibility index (Phi) is 3.94. The van der Waals surface area contributed by atoms with Crippen molar-refractivity contribution < 1.29 is 9.29 Å². The van der Waals surface area contributed by atoms with E-state index in [4.69, 9.17) is 16.3 Å². The van der Waals surface area contributed by atoms with Crippen LogP contribution in [0.3, 0.4) is 0 Å². The topological polar surface area (TPSA) is 35.5 Å². The van der Waals surface area contributed by atoms with Crippen LogP contribution in [0.4, 0.5) is 5.69 Å². The quantitative estimate of drug-likeness (QED) is 0.785. The average molecular weight is 300 g/mol. The lowest BCUT2D eigenvalue weighted by Crippen LogP contribution is -2.54. The van der Waals surface area contributed by atoms with E-state index in [1.165, 1.54) is 11.3 Å². The van der Waals surface area contributed by atoms with Crippen molar-refractivity contribution in [2.75, 3.05) is 36.7 Å². The van der Waals surface area contributed by atoms with Crippen LogP contribution in [0.25, 0.3) is 0 Å². The minimum absolute atomic E-state index is 0.337. The number of hydrogen-bond donors (Lipinski definition) is 0. The molecule has 1 fully saturated rings. The van der Waals surface area contributed by atoms with Gasteiger partial charge in [0.2, 0.25) is 0 Å². The molecule has 0 aromatic heterocycles. The summed E-state index contributed by atoms with van der Waals surface area (Å²) in [7, 11) is 0. The molecule has 0 bridgehead atoms. The van der Waals surface area contributed by atoms with E-state index in [1.54, 1.807) is 6.26 Å². The predicted molar refractivity (Wildman–Crippen MR) is 79.5 cm³/mol. The molecule has 0 amide bonds. The van der Waals surface area contributed by atoms with Crippen LogP contribution >= 0.6 is 11.6 Å². The van der Waals surface area contributed by atoms with Crippen LogP contribution in [0.1, 0.15) is 5.56 Å². The van der Waals surface area contributed by atoms with Gasteiger partial charge in [-0.15, -0.1) is 0 Å². The Bertz CT molecular complexity index is 469. The molecule has 0 aliphatic carbocycles. The first-order valence-corrected chi connectivity index (χ1v) is 8.68. The average Bonchev–Trinajstić information content (AvgIpc) is 2.39. The van der Waals surface area contributed by atoms with Crippen molar-refractivity contribution in [3.8, 4) is 0 Å². The van der Waals surface area contributed by atoms with Crippen LogP contribution in [0.2, 0.25) is 5.02 Å². The van der Waals surface area contributed by atoms with Gasteiger partial charge in [0.1, 0.15) is 5.75 Å². The predicted octanol–water partition coefficient (Wildman–Crippen LogP) is 2.10. The van der Waals surface area contributed by atoms with E-state index in [1.807, 2.05) is 12.1 Å². The number of morpholine rings is 1. The van der Waals surface area contributed by atoms with Gasteiger partial charge < -0.3 is 14.2 Å². The van der Waals surface area contributed by atoms with Gasteiger partial charge >= 0.3 is 0 Å². The van der Waals surface area contributed by atoms with E-state index in [2.05, 4.69) is 11.0 Å². The molecule has 3 unspecified atom stereocenters. The molecule has 2 aliphatic heterocycles. The van der Waals surface area contributed by atoms with Crippen molar-refractivity contribution in [1.82, 2.24) is 0 Å². The summed E-state index contributed by atoms with van der Waals surface area (Å²) < 4.78 is 17.2. The second-order valence-electron chi connectivity index (χ2n) is 5.31. The number of halogens is 1. The summed E-state index contributed by atoms with van der Waals surface area (Å²) in [5.74, 6) is 1.15. The summed E-state index contributed by atoms with van der Waals surface area (Å²) in [4.78, 5) is 2.39. The molecule has 1 saturated heterocycles. The Labute approximate surface area is 122 Å². The number of hydrogen-bond acceptors (Lipinski definition) is 3. The monoisotopic (exact) mass is 299 g/mol. The highest BCUT2D eigenvalue weighted by molar-refractivity contribution is 7.90. The van der Waals surface area contributed by atoms with Gasteiger partial charge in [-0.25, -0.2) is 0 Å². The van der Waals surface area contributed by atoms with Gasteiger partial charge in [0, 0.05) is 23.2 Å². The summed E-state index contributed by atoms with van der Waals surface area (Å²) in [6.07, 6.45) is 2.75. The first-order chi connectivity index (χ1) is 9.15. The van der Waals surface area contributed by atoms with Gasteiger partial charge in [-0.2, -0.15) is 0 Å². The first kappa shape index (κ1) is 13.6. The van der Waals surface area contributed by atoms with Crippen LogP contribution < -0.4 is 4.90 Å². The van der Waals surface area contributed by atoms with Crippen molar-refractivity contribution in [2.24, 2.45) is 5.92 Å². The summed E-state index contributed by atoms with van der Waals surface area (Å²) in [5, 5.41) is 0.779. The number of ether oxygens (including phenoxy) is 1. The molecule has 2 aliphatic rings. The van der Waals surface area contributed by atoms with E-state index in [0.29, 0.717) is 12.0 Å². The first-order valence-electron chi connectivity index (χ1n) is 6.58. The van der Waals surface area contributed by atoms with Gasteiger partial charge in [-0.3, -0.25) is 0 Å². The maximum atomic E-state index is 11.6. The van der Waals surface area contributed by atoms with Gasteiger partial charge in [0.15, 0.2) is 0 Å². The zero-order valence-corrected chi connectivity index (χ0v) is 12.5. The van der Waals surface area contributed by atoms with Crippen LogP contribution in [-0.2, 0) is 22.3 Å². The third-order valence-corrected chi connectivity index (χ3v) is 5.13. The number of rotatable bonds is 2. The van der Waals surface area contributed by atoms with Crippen LogP contribution in [0, 0.1) is 5.92 Å². The SMILES string of the molecule is C[S+]([O-])CC1Cc2ccc(Cl)cc2N2CCOCC12. The molecule has 19 heavy (non-hydrogen) atoms. The molecule has 1 aromatic carbocycles. The molecule has 5 heteroatoms. The van der Waals surface area contributed by atoms with Crippen molar-refractivity contribution >= 4 is 28.5 Å². The molecule has 3 nitrogen and oxygen atoms in total. The van der Waals surface area contributed by atoms with E-state index in [-0.39, 0.29) is 0 Å². The molecule has 0 N–H and O–H groups in total. The largest absolute Gasteiger partial charge is 0.617 e. The van der Waals surface area contributed by atoms with Crippen LogP contribution in [0.5, 0.6) is 0 Å². The van der Waals surface area contributed by atoms with Crippen LogP contribution in [0.15, 0.2) is 18.2 Å². The maximum absolute atomic E-state index is 11.6. The van der Waals surface area contributed by atoms with E-state index >= 15 is 0 Å². The fraction of sp³-hybridized carbons (Fsp3) is 0.571. The molecule has 0 spiro atoms. The third-order valence-electron chi connectivity index (χ3n) is 4.00. The van der Waals surface area contributed by atoms with E-state index in [0.717, 1.165) is 37.0 Å². The minimum Gasteiger partial charge on any atom is -0.617 e. The molecular weight excluding hydrogens is 282 g/mol. The van der Waals surface area contributed by atoms with Gasteiger partial charge in [0.05, 0.1) is 25.5 Å². The van der Waals surface area contributed by atoms with Gasteiger partial charge in [-0.05, 0) is 24.1 Å². The Morgan fingerprint density at radius 3 is 3.16 bits per heavy atom. The normalized spacial score (nSPS) is 27.6. The zero-order chi connectivity index (χ0) is 13.4. The molecule has 2 heterocycles. The van der Waals surface area contributed by atoms with Gasteiger partial charge in [-0.1, -0.05) is 28.8 Å². The smallest absolute Gasteiger partial charge is 0.110 e. The fourth-order valence-electron chi connectivity index (χ4n) is 3.18. The lowest BCUT2D eigenvalue weighted by Gasteiger charge is -2.46.